The first kappa shape index (κ1) is 20.7. The highest BCUT2D eigenvalue weighted by atomic mass is 32.2. The number of para-hydroxylation sites is 1. The Morgan fingerprint density at radius 2 is 1.94 bits per heavy atom. The molecule has 2 heterocycles. The summed E-state index contributed by atoms with van der Waals surface area (Å²) in [5.74, 6) is -0.293. The molecule has 0 aliphatic rings. The van der Waals surface area contributed by atoms with E-state index < -0.39 is 0 Å². The summed E-state index contributed by atoms with van der Waals surface area (Å²) in [7, 11) is 0. The molecule has 0 unspecified atom stereocenters. The summed E-state index contributed by atoms with van der Waals surface area (Å²) < 4.78 is 15.2. The molecule has 6 nitrogen and oxygen atoms in total. The van der Waals surface area contributed by atoms with Gasteiger partial charge in [0, 0.05) is 11.9 Å². The molecule has 156 valence electrons. The highest BCUT2D eigenvalue weighted by Gasteiger charge is 2.16. The molecule has 2 aromatic heterocycles. The molecule has 4 aromatic rings. The number of hydrogen-bond donors (Lipinski definition) is 1. The van der Waals surface area contributed by atoms with Crippen LogP contribution in [0.3, 0.4) is 0 Å². The van der Waals surface area contributed by atoms with Crippen molar-refractivity contribution in [1.82, 2.24) is 14.5 Å². The Labute approximate surface area is 182 Å². The minimum absolute atomic E-state index is 0.00785. The summed E-state index contributed by atoms with van der Waals surface area (Å²) in [6.45, 7) is 3.56. The number of halogens is 1. The third kappa shape index (κ3) is 4.49. The number of aryl methyl sites for hydroxylation is 2. The quantitative estimate of drug-likeness (QED) is 0.375. The number of fused-ring (bicyclic) bond motifs is 1. The monoisotopic (exact) mass is 434 g/mol. The topological polar surface area (TPSA) is 76.9 Å². The molecule has 0 spiro atoms. The standard InChI is InChI=1S/C23H19FN4O2S/c1-14-9-10-25-20(11-14)28-22(30)17-5-3-4-6-19(17)27-23(28)31-13-21(29)26-16-8-7-15(2)18(24)12-16/h3-12H,13H2,1-2H3,(H,26,29). The van der Waals surface area contributed by atoms with Gasteiger partial charge in [-0.05, 0) is 61.4 Å². The Morgan fingerprint density at radius 1 is 1.13 bits per heavy atom. The summed E-state index contributed by atoms with van der Waals surface area (Å²) >= 11 is 1.12. The predicted molar refractivity (Wildman–Crippen MR) is 120 cm³/mol. The second kappa shape index (κ2) is 8.69. The van der Waals surface area contributed by atoms with E-state index in [1.807, 2.05) is 13.0 Å². The van der Waals surface area contributed by atoms with E-state index in [-0.39, 0.29) is 23.0 Å². The lowest BCUT2D eigenvalue weighted by molar-refractivity contribution is -0.113. The third-order valence-electron chi connectivity index (χ3n) is 4.66. The first-order valence-electron chi connectivity index (χ1n) is 9.56. The zero-order valence-corrected chi connectivity index (χ0v) is 17.7. The summed E-state index contributed by atoms with van der Waals surface area (Å²) in [6.07, 6.45) is 1.62. The van der Waals surface area contributed by atoms with Crippen LogP contribution in [-0.4, -0.2) is 26.2 Å². The Morgan fingerprint density at radius 3 is 2.71 bits per heavy atom. The maximum atomic E-state index is 13.7. The van der Waals surface area contributed by atoms with Crippen LogP contribution in [0.4, 0.5) is 10.1 Å². The van der Waals surface area contributed by atoms with Crippen molar-refractivity contribution in [2.75, 3.05) is 11.1 Å². The number of nitrogens with zero attached hydrogens (tertiary/aromatic N) is 3. The average Bonchev–Trinajstić information content (AvgIpc) is 2.75. The molecule has 0 saturated heterocycles. The fourth-order valence-corrected chi connectivity index (χ4v) is 3.85. The van der Waals surface area contributed by atoms with Gasteiger partial charge in [-0.3, -0.25) is 9.59 Å². The number of thioether (sulfide) groups is 1. The van der Waals surface area contributed by atoms with Crippen LogP contribution >= 0.6 is 11.8 Å². The van der Waals surface area contributed by atoms with Crippen molar-refractivity contribution in [3.05, 3.63) is 88.1 Å². The van der Waals surface area contributed by atoms with Gasteiger partial charge >= 0.3 is 0 Å². The molecule has 0 aliphatic carbocycles. The third-order valence-corrected chi connectivity index (χ3v) is 5.60. The van der Waals surface area contributed by atoms with Gasteiger partial charge in [0.05, 0.1) is 16.7 Å². The van der Waals surface area contributed by atoms with E-state index >= 15 is 0 Å². The molecule has 0 bridgehead atoms. The lowest BCUT2D eigenvalue weighted by Gasteiger charge is -2.13. The Balaban J connectivity index is 1.66. The van der Waals surface area contributed by atoms with Gasteiger partial charge in [0.1, 0.15) is 11.6 Å². The van der Waals surface area contributed by atoms with Crippen LogP contribution in [0.15, 0.2) is 70.7 Å². The molecule has 1 N–H and O–H groups in total. The minimum atomic E-state index is -0.388. The van der Waals surface area contributed by atoms with Gasteiger partial charge in [0.2, 0.25) is 5.91 Å². The van der Waals surface area contributed by atoms with Gasteiger partial charge in [-0.25, -0.2) is 18.9 Å². The average molecular weight is 434 g/mol. The Kier molecular flexibility index (Phi) is 5.81. The SMILES string of the molecule is Cc1ccnc(-n2c(SCC(=O)Nc3ccc(C)c(F)c3)nc3ccccc3c2=O)c1. The number of benzene rings is 2. The van der Waals surface area contributed by atoms with Crippen molar-refractivity contribution >= 4 is 34.3 Å². The highest BCUT2D eigenvalue weighted by molar-refractivity contribution is 7.99. The minimum Gasteiger partial charge on any atom is -0.325 e. The fourth-order valence-electron chi connectivity index (χ4n) is 3.05. The summed E-state index contributed by atoms with van der Waals surface area (Å²) in [5.41, 5.74) is 2.10. The maximum Gasteiger partial charge on any atom is 0.267 e. The van der Waals surface area contributed by atoms with Crippen LogP contribution in [-0.2, 0) is 4.79 Å². The van der Waals surface area contributed by atoms with Crippen molar-refractivity contribution in [3.8, 4) is 5.82 Å². The number of hydrogen-bond acceptors (Lipinski definition) is 5. The van der Waals surface area contributed by atoms with Gasteiger partial charge in [-0.2, -0.15) is 0 Å². The molecule has 0 radical (unpaired) electrons. The molecule has 0 aliphatic heterocycles. The number of nitrogens with one attached hydrogen (secondary N) is 1. The Hall–Kier alpha value is -3.52. The van der Waals surface area contributed by atoms with Crippen molar-refractivity contribution in [1.29, 1.82) is 0 Å². The van der Waals surface area contributed by atoms with Crippen LogP contribution in [0.1, 0.15) is 11.1 Å². The zero-order chi connectivity index (χ0) is 22.0. The van der Waals surface area contributed by atoms with Gasteiger partial charge in [0.25, 0.3) is 5.56 Å². The predicted octanol–water partition coefficient (Wildman–Crippen LogP) is 4.27. The summed E-state index contributed by atoms with van der Waals surface area (Å²) in [5, 5.41) is 3.49. The first-order chi connectivity index (χ1) is 14.9. The number of amides is 1. The number of rotatable bonds is 5. The van der Waals surface area contributed by atoms with E-state index in [0.29, 0.717) is 33.1 Å². The van der Waals surface area contributed by atoms with Crippen molar-refractivity contribution in [2.24, 2.45) is 0 Å². The van der Waals surface area contributed by atoms with Crippen molar-refractivity contribution < 1.29 is 9.18 Å². The van der Waals surface area contributed by atoms with E-state index in [4.69, 9.17) is 0 Å². The summed E-state index contributed by atoms with van der Waals surface area (Å²) in [6, 6.07) is 15.2. The van der Waals surface area contributed by atoms with Crippen molar-refractivity contribution in [3.63, 3.8) is 0 Å². The molecule has 0 atom stereocenters. The molecule has 8 heteroatoms. The molecule has 0 fully saturated rings. The molecule has 31 heavy (non-hydrogen) atoms. The maximum absolute atomic E-state index is 13.7. The molecular weight excluding hydrogens is 415 g/mol. The lowest BCUT2D eigenvalue weighted by atomic mass is 10.2. The number of carbonyl (C=O) groups is 1. The molecular formula is C23H19FN4O2S. The first-order valence-corrected chi connectivity index (χ1v) is 10.5. The second-order valence-electron chi connectivity index (χ2n) is 7.04. The van der Waals surface area contributed by atoms with Crippen LogP contribution in [0, 0.1) is 19.7 Å². The van der Waals surface area contributed by atoms with Crippen molar-refractivity contribution in [2.45, 2.75) is 19.0 Å². The molecule has 2 aromatic carbocycles. The van der Waals surface area contributed by atoms with E-state index in [9.17, 15) is 14.0 Å². The van der Waals surface area contributed by atoms with Crippen LogP contribution in [0.2, 0.25) is 0 Å². The number of aromatic nitrogens is 3. The molecule has 4 rings (SSSR count). The molecule has 0 saturated carbocycles. The second-order valence-corrected chi connectivity index (χ2v) is 7.99. The van der Waals surface area contributed by atoms with E-state index in [1.54, 1.807) is 55.6 Å². The van der Waals surface area contributed by atoms with Gasteiger partial charge in [0.15, 0.2) is 5.16 Å². The fraction of sp³-hybridized carbons (Fsp3) is 0.130. The highest BCUT2D eigenvalue weighted by Crippen LogP contribution is 2.21. The van der Waals surface area contributed by atoms with Gasteiger partial charge in [-0.15, -0.1) is 0 Å². The Bertz CT molecular complexity index is 1350. The van der Waals surface area contributed by atoms with Crippen LogP contribution in [0.25, 0.3) is 16.7 Å². The van der Waals surface area contributed by atoms with Crippen LogP contribution < -0.4 is 10.9 Å². The smallest absolute Gasteiger partial charge is 0.267 e. The normalized spacial score (nSPS) is 10.9. The lowest BCUT2D eigenvalue weighted by Crippen LogP contribution is -2.23. The van der Waals surface area contributed by atoms with E-state index in [2.05, 4.69) is 15.3 Å². The molecule has 1 amide bonds. The van der Waals surface area contributed by atoms with E-state index in [1.165, 1.54) is 10.6 Å². The number of carbonyl (C=O) groups excluding carboxylic acids is 1. The summed E-state index contributed by atoms with van der Waals surface area (Å²) in [4.78, 5) is 34.6. The van der Waals surface area contributed by atoms with E-state index in [0.717, 1.165) is 17.3 Å². The zero-order valence-electron chi connectivity index (χ0n) is 16.9. The van der Waals surface area contributed by atoms with Gasteiger partial charge in [-0.1, -0.05) is 30.0 Å². The number of anilines is 1. The number of pyridine rings is 1. The van der Waals surface area contributed by atoms with Gasteiger partial charge < -0.3 is 5.32 Å². The van der Waals surface area contributed by atoms with Crippen LogP contribution in [0.5, 0.6) is 0 Å². The largest absolute Gasteiger partial charge is 0.325 e.